The van der Waals surface area contributed by atoms with Crippen molar-refractivity contribution in [1.29, 1.82) is 0 Å². The molecule has 0 unspecified atom stereocenters. The molecule has 0 spiro atoms. The number of nitrogens with zero attached hydrogens (tertiary/aromatic N) is 2. The number of anilines is 1. The second-order valence-corrected chi connectivity index (χ2v) is 6.61. The Morgan fingerprint density at radius 2 is 1.73 bits per heavy atom. The van der Waals surface area contributed by atoms with Gasteiger partial charge < -0.3 is 4.90 Å². The van der Waals surface area contributed by atoms with E-state index in [-0.39, 0.29) is 0 Å². The lowest BCUT2D eigenvalue weighted by Gasteiger charge is -2.36. The van der Waals surface area contributed by atoms with Crippen molar-refractivity contribution < 1.29 is 0 Å². The molecular formula is C19H23ClN2. The molecule has 0 N–H and O–H groups in total. The molecule has 1 aliphatic rings. The highest BCUT2D eigenvalue weighted by atomic mass is 35.5. The van der Waals surface area contributed by atoms with E-state index in [4.69, 9.17) is 11.6 Å². The summed E-state index contributed by atoms with van der Waals surface area (Å²) in [5.74, 6) is 0. The summed E-state index contributed by atoms with van der Waals surface area (Å²) in [7, 11) is 0. The molecule has 0 atom stereocenters. The number of rotatable bonds is 3. The lowest BCUT2D eigenvalue weighted by Crippen LogP contribution is -2.46. The van der Waals surface area contributed by atoms with E-state index in [1.54, 1.807) is 0 Å². The summed E-state index contributed by atoms with van der Waals surface area (Å²) in [4.78, 5) is 4.97. The van der Waals surface area contributed by atoms with Crippen LogP contribution in [-0.4, -0.2) is 31.1 Å². The van der Waals surface area contributed by atoms with Crippen LogP contribution in [0.4, 0.5) is 5.69 Å². The van der Waals surface area contributed by atoms with E-state index in [1.807, 2.05) is 12.1 Å². The van der Waals surface area contributed by atoms with Gasteiger partial charge in [-0.05, 0) is 43.2 Å². The molecule has 0 radical (unpaired) electrons. The molecule has 1 heterocycles. The Bertz CT molecular complexity index is 646. The van der Waals surface area contributed by atoms with Gasteiger partial charge in [0.2, 0.25) is 0 Å². The van der Waals surface area contributed by atoms with Crippen LogP contribution in [0.3, 0.4) is 0 Å². The van der Waals surface area contributed by atoms with Gasteiger partial charge in [0.25, 0.3) is 0 Å². The number of benzene rings is 2. The molecule has 0 amide bonds. The SMILES string of the molecule is Cc1ccc(C)c(CN2CCN(c3cccc(Cl)c3)CC2)c1. The van der Waals surface area contributed by atoms with E-state index in [0.29, 0.717) is 0 Å². The topological polar surface area (TPSA) is 6.48 Å². The fourth-order valence-electron chi connectivity index (χ4n) is 3.05. The number of aryl methyl sites for hydroxylation is 2. The first-order valence-electron chi connectivity index (χ1n) is 7.91. The summed E-state index contributed by atoms with van der Waals surface area (Å²) in [5.41, 5.74) is 5.43. The second kappa shape index (κ2) is 6.72. The molecule has 0 bridgehead atoms. The van der Waals surface area contributed by atoms with Crippen molar-refractivity contribution in [3.05, 3.63) is 64.2 Å². The average molecular weight is 315 g/mol. The van der Waals surface area contributed by atoms with E-state index in [2.05, 4.69) is 54.0 Å². The number of hydrogen-bond donors (Lipinski definition) is 0. The quantitative estimate of drug-likeness (QED) is 0.834. The molecule has 1 fully saturated rings. The lowest BCUT2D eigenvalue weighted by molar-refractivity contribution is 0.249. The largest absolute Gasteiger partial charge is 0.369 e. The van der Waals surface area contributed by atoms with Gasteiger partial charge in [0, 0.05) is 43.4 Å². The zero-order chi connectivity index (χ0) is 15.5. The first-order chi connectivity index (χ1) is 10.6. The minimum atomic E-state index is 0.815. The van der Waals surface area contributed by atoms with Gasteiger partial charge in [0.15, 0.2) is 0 Å². The fourth-order valence-corrected chi connectivity index (χ4v) is 3.23. The third-order valence-corrected chi connectivity index (χ3v) is 4.68. The summed E-state index contributed by atoms with van der Waals surface area (Å²) >= 11 is 6.10. The molecule has 0 saturated carbocycles. The molecule has 0 aromatic heterocycles. The predicted molar refractivity (Wildman–Crippen MR) is 94.9 cm³/mol. The monoisotopic (exact) mass is 314 g/mol. The van der Waals surface area contributed by atoms with Crippen molar-refractivity contribution in [1.82, 2.24) is 4.90 Å². The molecule has 2 aromatic carbocycles. The summed E-state index contributed by atoms with van der Waals surface area (Å²) in [5, 5.41) is 0.815. The van der Waals surface area contributed by atoms with Crippen molar-refractivity contribution in [2.75, 3.05) is 31.1 Å². The van der Waals surface area contributed by atoms with Crippen molar-refractivity contribution in [3.8, 4) is 0 Å². The maximum absolute atomic E-state index is 6.10. The van der Waals surface area contributed by atoms with E-state index in [9.17, 15) is 0 Å². The van der Waals surface area contributed by atoms with Crippen LogP contribution in [0.2, 0.25) is 5.02 Å². The average Bonchev–Trinajstić information content (AvgIpc) is 2.52. The third-order valence-electron chi connectivity index (χ3n) is 4.44. The standard InChI is InChI=1S/C19H23ClN2/c1-15-6-7-16(2)17(12-15)14-21-8-10-22(11-9-21)19-5-3-4-18(20)13-19/h3-7,12-13H,8-11,14H2,1-2H3. The Hall–Kier alpha value is -1.51. The Labute approximate surface area is 138 Å². The summed E-state index contributed by atoms with van der Waals surface area (Å²) in [6, 6.07) is 14.9. The van der Waals surface area contributed by atoms with E-state index < -0.39 is 0 Å². The van der Waals surface area contributed by atoms with Crippen LogP contribution < -0.4 is 4.90 Å². The first-order valence-corrected chi connectivity index (χ1v) is 8.28. The van der Waals surface area contributed by atoms with E-state index in [0.717, 1.165) is 37.7 Å². The van der Waals surface area contributed by atoms with Gasteiger partial charge in [-0.2, -0.15) is 0 Å². The fraction of sp³-hybridized carbons (Fsp3) is 0.368. The molecule has 22 heavy (non-hydrogen) atoms. The van der Waals surface area contributed by atoms with E-state index in [1.165, 1.54) is 22.4 Å². The normalized spacial score (nSPS) is 16.0. The van der Waals surface area contributed by atoms with Gasteiger partial charge >= 0.3 is 0 Å². The van der Waals surface area contributed by atoms with Crippen molar-refractivity contribution in [2.24, 2.45) is 0 Å². The molecule has 1 saturated heterocycles. The molecule has 2 nitrogen and oxygen atoms in total. The molecule has 0 aliphatic carbocycles. The lowest BCUT2D eigenvalue weighted by atomic mass is 10.0. The van der Waals surface area contributed by atoms with Crippen LogP contribution >= 0.6 is 11.6 Å². The molecule has 116 valence electrons. The van der Waals surface area contributed by atoms with Gasteiger partial charge in [0.1, 0.15) is 0 Å². The van der Waals surface area contributed by atoms with Crippen LogP contribution in [0.1, 0.15) is 16.7 Å². The van der Waals surface area contributed by atoms with Gasteiger partial charge in [-0.1, -0.05) is 41.4 Å². The Morgan fingerprint density at radius 1 is 0.955 bits per heavy atom. The number of halogens is 1. The number of piperazine rings is 1. The Kier molecular flexibility index (Phi) is 4.70. The van der Waals surface area contributed by atoms with E-state index >= 15 is 0 Å². The van der Waals surface area contributed by atoms with Gasteiger partial charge in [-0.3, -0.25) is 4.90 Å². The highest BCUT2D eigenvalue weighted by Crippen LogP contribution is 2.21. The molecule has 3 rings (SSSR count). The van der Waals surface area contributed by atoms with Crippen LogP contribution in [-0.2, 0) is 6.54 Å². The Balaban J connectivity index is 1.61. The molecule has 3 heteroatoms. The Morgan fingerprint density at radius 3 is 2.45 bits per heavy atom. The maximum atomic E-state index is 6.10. The first kappa shape index (κ1) is 15.4. The van der Waals surface area contributed by atoms with Crippen molar-refractivity contribution in [2.45, 2.75) is 20.4 Å². The second-order valence-electron chi connectivity index (χ2n) is 6.17. The van der Waals surface area contributed by atoms with Crippen LogP contribution in [0.25, 0.3) is 0 Å². The zero-order valence-electron chi connectivity index (χ0n) is 13.3. The molecular weight excluding hydrogens is 292 g/mol. The van der Waals surface area contributed by atoms with Crippen molar-refractivity contribution in [3.63, 3.8) is 0 Å². The third kappa shape index (κ3) is 3.63. The molecule has 1 aliphatic heterocycles. The minimum absolute atomic E-state index is 0.815. The minimum Gasteiger partial charge on any atom is -0.369 e. The van der Waals surface area contributed by atoms with Crippen LogP contribution in [0, 0.1) is 13.8 Å². The van der Waals surface area contributed by atoms with Gasteiger partial charge in [-0.15, -0.1) is 0 Å². The highest BCUT2D eigenvalue weighted by molar-refractivity contribution is 6.30. The maximum Gasteiger partial charge on any atom is 0.0426 e. The predicted octanol–water partition coefficient (Wildman–Crippen LogP) is 4.28. The smallest absolute Gasteiger partial charge is 0.0426 e. The summed E-state index contributed by atoms with van der Waals surface area (Å²) in [6.07, 6.45) is 0. The van der Waals surface area contributed by atoms with Gasteiger partial charge in [-0.25, -0.2) is 0 Å². The zero-order valence-corrected chi connectivity index (χ0v) is 14.1. The number of hydrogen-bond acceptors (Lipinski definition) is 2. The summed E-state index contributed by atoms with van der Waals surface area (Å²) in [6.45, 7) is 9.74. The van der Waals surface area contributed by atoms with Crippen LogP contribution in [0.15, 0.2) is 42.5 Å². The molecule has 2 aromatic rings. The van der Waals surface area contributed by atoms with Crippen LogP contribution in [0.5, 0.6) is 0 Å². The van der Waals surface area contributed by atoms with Crippen molar-refractivity contribution >= 4 is 17.3 Å². The highest BCUT2D eigenvalue weighted by Gasteiger charge is 2.18. The summed E-state index contributed by atoms with van der Waals surface area (Å²) < 4.78 is 0. The van der Waals surface area contributed by atoms with Gasteiger partial charge in [0.05, 0.1) is 0 Å².